The third-order valence-electron chi connectivity index (χ3n) is 5.28. The summed E-state index contributed by atoms with van der Waals surface area (Å²) in [6.45, 7) is 3.29. The molecule has 2 fully saturated rings. The van der Waals surface area contributed by atoms with Gasteiger partial charge in [-0.2, -0.15) is 16.9 Å². The minimum absolute atomic E-state index is 0. The van der Waals surface area contributed by atoms with Gasteiger partial charge in [-0.25, -0.2) is 0 Å². The number of nitrogens with one attached hydrogen (secondary N) is 1. The Morgan fingerprint density at radius 2 is 2.35 bits per heavy atom. The predicted molar refractivity (Wildman–Crippen MR) is 119 cm³/mol. The van der Waals surface area contributed by atoms with Crippen molar-refractivity contribution in [3.05, 3.63) is 18.0 Å². The second-order valence-corrected chi connectivity index (χ2v) is 8.18. The van der Waals surface area contributed by atoms with Crippen molar-refractivity contribution < 1.29 is 4.74 Å². The van der Waals surface area contributed by atoms with Crippen LogP contribution >= 0.6 is 35.7 Å². The molecule has 0 radical (unpaired) electrons. The maximum Gasteiger partial charge on any atom is 0.193 e. The van der Waals surface area contributed by atoms with E-state index in [9.17, 15) is 0 Å². The van der Waals surface area contributed by atoms with Crippen molar-refractivity contribution in [2.45, 2.75) is 18.1 Å². The number of ether oxygens (including phenoxy) is 1. The summed E-state index contributed by atoms with van der Waals surface area (Å²) in [5, 5.41) is 7.89. The van der Waals surface area contributed by atoms with Gasteiger partial charge in [-0.05, 0) is 26.3 Å². The van der Waals surface area contributed by atoms with Crippen LogP contribution in [-0.4, -0.2) is 90.0 Å². The lowest BCUT2D eigenvalue weighted by Crippen LogP contribution is -2.56. The van der Waals surface area contributed by atoms with Crippen molar-refractivity contribution in [3.63, 3.8) is 0 Å². The monoisotopic (exact) mass is 494 g/mol. The van der Waals surface area contributed by atoms with Gasteiger partial charge in [-0.3, -0.25) is 9.67 Å². The Morgan fingerprint density at radius 3 is 2.92 bits per heavy atom. The highest BCUT2D eigenvalue weighted by atomic mass is 127. The molecule has 26 heavy (non-hydrogen) atoms. The second-order valence-electron chi connectivity index (χ2n) is 7.07. The predicted octanol–water partition coefficient (Wildman–Crippen LogP) is 1.42. The van der Waals surface area contributed by atoms with Crippen molar-refractivity contribution in [1.82, 2.24) is 24.9 Å². The molecule has 2 unspecified atom stereocenters. The third kappa shape index (κ3) is 4.85. The van der Waals surface area contributed by atoms with Gasteiger partial charge < -0.3 is 19.9 Å². The molecular formula is C17H31IN6OS. The molecule has 0 amide bonds. The van der Waals surface area contributed by atoms with Gasteiger partial charge >= 0.3 is 0 Å². The Morgan fingerprint density at radius 1 is 1.54 bits per heavy atom. The van der Waals surface area contributed by atoms with Crippen molar-refractivity contribution >= 4 is 41.7 Å². The van der Waals surface area contributed by atoms with E-state index >= 15 is 0 Å². The first-order valence-corrected chi connectivity index (χ1v) is 10.0. The maximum atomic E-state index is 5.95. The highest BCUT2D eigenvalue weighted by molar-refractivity contribution is 14.0. The fraction of sp³-hybridized carbons (Fsp3) is 0.765. The molecule has 0 saturated carbocycles. The van der Waals surface area contributed by atoms with Gasteiger partial charge in [-0.1, -0.05) is 0 Å². The van der Waals surface area contributed by atoms with Crippen LogP contribution in [0.25, 0.3) is 0 Å². The van der Waals surface area contributed by atoms with Crippen LogP contribution in [0, 0.1) is 0 Å². The molecule has 9 heteroatoms. The second kappa shape index (κ2) is 9.61. The van der Waals surface area contributed by atoms with Crippen LogP contribution in [0.4, 0.5) is 0 Å². The Labute approximate surface area is 177 Å². The van der Waals surface area contributed by atoms with Crippen molar-refractivity contribution in [2.75, 3.05) is 58.9 Å². The van der Waals surface area contributed by atoms with E-state index in [0.717, 1.165) is 31.2 Å². The molecule has 0 aliphatic carbocycles. The molecule has 2 atom stereocenters. The van der Waals surface area contributed by atoms with E-state index in [1.165, 1.54) is 17.9 Å². The molecule has 2 saturated heterocycles. The highest BCUT2D eigenvalue weighted by Gasteiger charge is 2.37. The van der Waals surface area contributed by atoms with Crippen molar-refractivity contribution in [1.29, 1.82) is 0 Å². The van der Waals surface area contributed by atoms with E-state index < -0.39 is 0 Å². The van der Waals surface area contributed by atoms with E-state index in [4.69, 9.17) is 4.74 Å². The molecule has 1 aromatic rings. The number of nitrogens with zero attached hydrogens (tertiary/aromatic N) is 5. The van der Waals surface area contributed by atoms with Gasteiger partial charge in [0.2, 0.25) is 0 Å². The number of hydrogen-bond acceptors (Lipinski definition) is 5. The number of aryl methyl sites for hydroxylation is 1. The summed E-state index contributed by atoms with van der Waals surface area (Å²) >= 11 is 2.04. The maximum absolute atomic E-state index is 5.95. The SMILES string of the molecule is CN=C(NCC1(N(C)C)CCSC1)N1CCOC(c2cnn(C)c2)C1.I. The number of thioether (sulfide) groups is 1. The number of hydrogen-bond donors (Lipinski definition) is 1. The summed E-state index contributed by atoms with van der Waals surface area (Å²) < 4.78 is 7.77. The molecule has 2 aliphatic rings. The van der Waals surface area contributed by atoms with Gasteiger partial charge in [0.05, 0.1) is 19.3 Å². The molecule has 0 aromatic carbocycles. The van der Waals surface area contributed by atoms with Crippen LogP contribution in [0.3, 0.4) is 0 Å². The standard InChI is InChI=1S/C17H30N6OS.HI/c1-18-16(19-12-17(21(2)3)5-8-25-13-17)23-6-7-24-15(11-23)14-9-20-22(4)10-14;/h9-10,15H,5-8,11-13H2,1-4H3,(H,18,19);1H. The van der Waals surface area contributed by atoms with Crippen LogP contribution in [0.2, 0.25) is 0 Å². The molecule has 3 rings (SSSR count). The average Bonchev–Trinajstić information content (AvgIpc) is 3.26. The van der Waals surface area contributed by atoms with E-state index in [1.54, 1.807) is 0 Å². The molecule has 3 heterocycles. The smallest absolute Gasteiger partial charge is 0.193 e. The summed E-state index contributed by atoms with van der Waals surface area (Å²) in [7, 11) is 8.17. The molecule has 7 nitrogen and oxygen atoms in total. The summed E-state index contributed by atoms with van der Waals surface area (Å²) in [4.78, 5) is 9.19. The lowest BCUT2D eigenvalue weighted by molar-refractivity contribution is -0.00824. The first-order chi connectivity index (χ1) is 12.0. The summed E-state index contributed by atoms with van der Waals surface area (Å²) in [5.41, 5.74) is 1.34. The minimum Gasteiger partial charge on any atom is -0.370 e. The molecule has 1 N–H and O–H groups in total. The van der Waals surface area contributed by atoms with Crippen LogP contribution in [0.15, 0.2) is 17.4 Å². The normalized spacial score (nSPS) is 26.9. The molecule has 0 bridgehead atoms. The van der Waals surface area contributed by atoms with Gasteiger partial charge in [0, 0.05) is 50.2 Å². The Balaban J connectivity index is 0.00000243. The fourth-order valence-electron chi connectivity index (χ4n) is 3.47. The summed E-state index contributed by atoms with van der Waals surface area (Å²) in [6, 6.07) is 0. The number of halogens is 1. The topological polar surface area (TPSA) is 57.9 Å². The Kier molecular flexibility index (Phi) is 8.05. The van der Waals surface area contributed by atoms with Crippen LogP contribution in [0.5, 0.6) is 0 Å². The van der Waals surface area contributed by atoms with E-state index in [1.807, 2.05) is 42.9 Å². The number of rotatable bonds is 4. The lowest BCUT2D eigenvalue weighted by atomic mass is 9.97. The zero-order chi connectivity index (χ0) is 17.9. The van der Waals surface area contributed by atoms with Gasteiger partial charge in [0.15, 0.2) is 5.96 Å². The first kappa shape index (κ1) is 21.8. The molecule has 2 aliphatic heterocycles. The van der Waals surface area contributed by atoms with Gasteiger partial charge in [0.1, 0.15) is 6.10 Å². The number of morpholine rings is 1. The quantitative estimate of drug-likeness (QED) is 0.389. The minimum atomic E-state index is 0. The Bertz CT molecular complexity index is 602. The molecule has 0 spiro atoms. The van der Waals surface area contributed by atoms with Crippen molar-refractivity contribution in [2.24, 2.45) is 12.0 Å². The van der Waals surface area contributed by atoms with E-state index in [0.29, 0.717) is 6.61 Å². The number of aromatic nitrogens is 2. The fourth-order valence-corrected chi connectivity index (χ4v) is 5.03. The van der Waals surface area contributed by atoms with E-state index in [2.05, 4.69) is 39.3 Å². The third-order valence-corrected chi connectivity index (χ3v) is 6.52. The zero-order valence-electron chi connectivity index (χ0n) is 16.1. The molecule has 148 valence electrons. The zero-order valence-corrected chi connectivity index (χ0v) is 19.3. The van der Waals surface area contributed by atoms with Gasteiger partial charge in [-0.15, -0.1) is 24.0 Å². The largest absolute Gasteiger partial charge is 0.370 e. The van der Waals surface area contributed by atoms with Crippen LogP contribution in [0.1, 0.15) is 18.1 Å². The summed E-state index contributed by atoms with van der Waals surface area (Å²) in [6.07, 6.45) is 5.18. The highest BCUT2D eigenvalue weighted by Crippen LogP contribution is 2.31. The number of aliphatic imine (C=N–C) groups is 1. The molecule has 1 aromatic heterocycles. The molecular weight excluding hydrogens is 463 g/mol. The number of likely N-dealkylation sites (N-methyl/N-ethyl adjacent to an activating group) is 1. The number of guanidine groups is 1. The first-order valence-electron chi connectivity index (χ1n) is 8.85. The van der Waals surface area contributed by atoms with E-state index in [-0.39, 0.29) is 35.6 Å². The van der Waals surface area contributed by atoms with Crippen LogP contribution < -0.4 is 5.32 Å². The average molecular weight is 494 g/mol. The lowest BCUT2D eigenvalue weighted by Gasteiger charge is -2.39. The summed E-state index contributed by atoms with van der Waals surface area (Å²) in [5.74, 6) is 3.38. The Hall–Kier alpha value is -0.520. The van der Waals surface area contributed by atoms with Gasteiger partial charge in [0.25, 0.3) is 0 Å². The van der Waals surface area contributed by atoms with Crippen LogP contribution in [-0.2, 0) is 11.8 Å². The van der Waals surface area contributed by atoms with Crippen molar-refractivity contribution in [3.8, 4) is 0 Å².